The third kappa shape index (κ3) is 5.33. The number of rotatable bonds is 5. The van der Waals surface area contributed by atoms with Crippen molar-refractivity contribution in [2.45, 2.75) is 58.4 Å². The van der Waals surface area contributed by atoms with Gasteiger partial charge in [-0.2, -0.15) is 5.10 Å². The molecule has 2 aliphatic rings. The molecule has 0 atom stereocenters. The molecule has 1 N–H and O–H groups in total. The van der Waals surface area contributed by atoms with Gasteiger partial charge in [0, 0.05) is 49.6 Å². The van der Waals surface area contributed by atoms with Gasteiger partial charge in [-0.25, -0.2) is 14.3 Å². The molecule has 0 spiro atoms. The number of carbonyl (C=O) groups is 3. The molecule has 13 heteroatoms. The maximum absolute atomic E-state index is 13.2. The topological polar surface area (TPSA) is 135 Å². The second kappa shape index (κ2) is 11.0. The Morgan fingerprint density at radius 1 is 1.05 bits per heavy atom. The van der Waals surface area contributed by atoms with Crippen LogP contribution < -0.4 is 5.32 Å². The summed E-state index contributed by atoms with van der Waals surface area (Å²) in [6.07, 6.45) is 2.60. The summed E-state index contributed by atoms with van der Waals surface area (Å²) in [5.41, 5.74) is 2.87. The zero-order valence-corrected chi connectivity index (χ0v) is 22.7. The van der Waals surface area contributed by atoms with Crippen molar-refractivity contribution in [1.82, 2.24) is 39.9 Å². The first kappa shape index (κ1) is 26.0. The van der Waals surface area contributed by atoms with Gasteiger partial charge in [0.2, 0.25) is 0 Å². The number of aromatic nitrogens is 5. The molecule has 0 aliphatic carbocycles. The van der Waals surface area contributed by atoms with E-state index in [1.54, 1.807) is 26.6 Å². The van der Waals surface area contributed by atoms with E-state index in [4.69, 9.17) is 4.74 Å². The van der Waals surface area contributed by atoms with E-state index in [9.17, 15) is 14.4 Å². The van der Waals surface area contributed by atoms with Crippen molar-refractivity contribution in [3.8, 4) is 0 Å². The Morgan fingerprint density at radius 3 is 2.47 bits per heavy atom. The molecule has 0 radical (unpaired) electrons. The fourth-order valence-corrected chi connectivity index (χ4v) is 5.99. The molecule has 12 nitrogen and oxygen atoms in total. The first-order chi connectivity index (χ1) is 18.3. The maximum Gasteiger partial charge on any atom is 0.409 e. The number of nitrogens with zero attached hydrogens (tertiary/aromatic N) is 7. The number of piperidine rings is 2. The van der Waals surface area contributed by atoms with Gasteiger partial charge in [-0.1, -0.05) is 0 Å². The Morgan fingerprint density at radius 2 is 1.76 bits per heavy atom. The van der Waals surface area contributed by atoms with Crippen LogP contribution in [0.2, 0.25) is 0 Å². The lowest BCUT2D eigenvalue weighted by molar-refractivity contribution is 0.0703. The third-order valence-corrected chi connectivity index (χ3v) is 8.18. The molecule has 0 saturated carbocycles. The standard InChI is InChI=1S/C25H32N8O4S/c1-4-37-25(36)32-11-7-18(8-12-32)26-22(34)19-14-38-23(27-19)17-5-9-31(10-6-17)24(35)21-16(3)33-20(28-29-21)13-15(2)30-33/h13-14,17-18H,4-12H2,1-3H3,(H,26,34). The Bertz CT molecular complexity index is 1340. The van der Waals surface area contributed by atoms with E-state index in [0.717, 1.165) is 23.5 Å². The lowest BCUT2D eigenvalue weighted by Crippen LogP contribution is -2.46. The van der Waals surface area contributed by atoms with Gasteiger partial charge >= 0.3 is 6.09 Å². The molecule has 2 fully saturated rings. The minimum absolute atomic E-state index is 0.00371. The number of hydrogen-bond donors (Lipinski definition) is 1. The minimum atomic E-state index is -0.300. The van der Waals surface area contributed by atoms with Crippen molar-refractivity contribution < 1.29 is 19.1 Å². The summed E-state index contributed by atoms with van der Waals surface area (Å²) >= 11 is 1.49. The highest BCUT2D eigenvalue weighted by atomic mass is 32.1. The zero-order chi connectivity index (χ0) is 26.8. The Hall–Kier alpha value is -3.61. The number of likely N-dealkylation sites (tertiary alicyclic amines) is 2. The van der Waals surface area contributed by atoms with E-state index >= 15 is 0 Å². The van der Waals surface area contributed by atoms with E-state index < -0.39 is 0 Å². The number of ether oxygens (including phenoxy) is 1. The van der Waals surface area contributed by atoms with Gasteiger partial charge in [-0.15, -0.1) is 21.5 Å². The van der Waals surface area contributed by atoms with Crippen molar-refractivity contribution in [1.29, 1.82) is 0 Å². The smallest absolute Gasteiger partial charge is 0.409 e. The summed E-state index contributed by atoms with van der Waals surface area (Å²) in [7, 11) is 0. The highest BCUT2D eigenvalue weighted by molar-refractivity contribution is 7.09. The summed E-state index contributed by atoms with van der Waals surface area (Å²) < 4.78 is 6.71. The first-order valence-corrected chi connectivity index (χ1v) is 13.9. The number of thiazole rings is 1. The van der Waals surface area contributed by atoms with Crippen LogP contribution in [0.25, 0.3) is 5.65 Å². The molecule has 202 valence electrons. The third-order valence-electron chi connectivity index (χ3n) is 7.17. The quantitative estimate of drug-likeness (QED) is 0.522. The lowest BCUT2D eigenvalue weighted by Gasteiger charge is -2.31. The molecule has 0 aromatic carbocycles. The average Bonchev–Trinajstić information content (AvgIpc) is 3.56. The highest BCUT2D eigenvalue weighted by Crippen LogP contribution is 2.31. The number of amides is 3. The molecule has 3 aromatic heterocycles. The summed E-state index contributed by atoms with van der Waals surface area (Å²) in [4.78, 5) is 46.0. The molecular weight excluding hydrogens is 508 g/mol. The van der Waals surface area contributed by atoms with Gasteiger partial charge < -0.3 is 19.9 Å². The van der Waals surface area contributed by atoms with Crippen LogP contribution in [-0.4, -0.2) is 91.3 Å². The van der Waals surface area contributed by atoms with Crippen LogP contribution >= 0.6 is 11.3 Å². The van der Waals surface area contributed by atoms with Crippen molar-refractivity contribution in [3.63, 3.8) is 0 Å². The number of hydrogen-bond acceptors (Lipinski definition) is 9. The Kier molecular flexibility index (Phi) is 7.54. The predicted octanol–water partition coefficient (Wildman–Crippen LogP) is 2.57. The maximum atomic E-state index is 13.2. The van der Waals surface area contributed by atoms with Gasteiger partial charge in [-0.05, 0) is 46.5 Å². The van der Waals surface area contributed by atoms with Crippen LogP contribution in [-0.2, 0) is 4.74 Å². The molecule has 38 heavy (non-hydrogen) atoms. The van der Waals surface area contributed by atoms with Crippen LogP contribution in [0.15, 0.2) is 11.4 Å². The first-order valence-electron chi connectivity index (χ1n) is 13.0. The van der Waals surface area contributed by atoms with Crippen LogP contribution in [0.5, 0.6) is 0 Å². The number of fused-ring (bicyclic) bond motifs is 1. The van der Waals surface area contributed by atoms with Crippen LogP contribution in [0, 0.1) is 13.8 Å². The van der Waals surface area contributed by atoms with Gasteiger partial charge in [0.1, 0.15) is 5.69 Å². The van der Waals surface area contributed by atoms with Crippen molar-refractivity contribution in [3.05, 3.63) is 39.2 Å². The van der Waals surface area contributed by atoms with Crippen molar-refractivity contribution in [2.75, 3.05) is 32.8 Å². The molecule has 2 aliphatic heterocycles. The van der Waals surface area contributed by atoms with E-state index in [1.165, 1.54) is 11.3 Å². The second-order valence-corrected chi connectivity index (χ2v) is 10.7. The number of nitrogens with one attached hydrogen (secondary N) is 1. The summed E-state index contributed by atoms with van der Waals surface area (Å²) in [5.74, 6) is -0.133. The molecule has 0 unspecified atom stereocenters. The predicted molar refractivity (Wildman–Crippen MR) is 139 cm³/mol. The molecule has 5 rings (SSSR count). The van der Waals surface area contributed by atoms with Gasteiger partial charge in [0.15, 0.2) is 11.3 Å². The fraction of sp³-hybridized carbons (Fsp3) is 0.560. The summed E-state index contributed by atoms with van der Waals surface area (Å²) in [6, 6.07) is 1.83. The van der Waals surface area contributed by atoms with E-state index in [2.05, 4.69) is 25.6 Å². The molecular formula is C25H32N8O4S. The number of carbonyl (C=O) groups excluding carboxylic acids is 3. The molecule has 2 saturated heterocycles. The van der Waals surface area contributed by atoms with E-state index in [1.807, 2.05) is 19.9 Å². The fourth-order valence-electron chi connectivity index (χ4n) is 5.01. The summed E-state index contributed by atoms with van der Waals surface area (Å²) in [5, 5.41) is 18.5. The summed E-state index contributed by atoms with van der Waals surface area (Å²) in [6.45, 7) is 8.14. The van der Waals surface area contributed by atoms with Gasteiger partial charge in [0.05, 0.1) is 23.0 Å². The largest absolute Gasteiger partial charge is 0.450 e. The minimum Gasteiger partial charge on any atom is -0.450 e. The molecule has 5 heterocycles. The highest BCUT2D eigenvalue weighted by Gasteiger charge is 2.30. The average molecular weight is 541 g/mol. The monoisotopic (exact) mass is 540 g/mol. The van der Waals surface area contributed by atoms with Gasteiger partial charge in [-0.3, -0.25) is 9.59 Å². The van der Waals surface area contributed by atoms with Crippen LogP contribution in [0.1, 0.15) is 75.9 Å². The zero-order valence-electron chi connectivity index (χ0n) is 21.8. The van der Waals surface area contributed by atoms with Crippen molar-refractivity contribution in [2.24, 2.45) is 0 Å². The SMILES string of the molecule is CCOC(=O)N1CCC(NC(=O)c2csc(C3CCN(C(=O)c4nnc5cc(C)nn5c4C)CC3)n2)CC1. The second-order valence-electron chi connectivity index (χ2n) is 9.76. The number of aryl methyl sites for hydroxylation is 2. The van der Waals surface area contributed by atoms with E-state index in [0.29, 0.717) is 68.4 Å². The molecule has 3 amide bonds. The van der Waals surface area contributed by atoms with Crippen molar-refractivity contribution >= 4 is 34.9 Å². The van der Waals surface area contributed by atoms with Crippen LogP contribution in [0.4, 0.5) is 4.79 Å². The normalized spacial score (nSPS) is 17.1. The van der Waals surface area contributed by atoms with Gasteiger partial charge in [0.25, 0.3) is 11.8 Å². The molecule has 0 bridgehead atoms. The Labute approximate surface area is 224 Å². The van der Waals surface area contributed by atoms with E-state index in [-0.39, 0.29) is 29.9 Å². The molecule has 3 aromatic rings. The Balaban J connectivity index is 1.13. The lowest BCUT2D eigenvalue weighted by atomic mass is 9.97. The van der Waals surface area contributed by atoms with Crippen LogP contribution in [0.3, 0.4) is 0 Å².